The average molecular weight is 351 g/mol. The summed E-state index contributed by atoms with van der Waals surface area (Å²) in [6.45, 7) is 2.00. The molecule has 1 aliphatic rings. The third kappa shape index (κ3) is 3.80. The quantitative estimate of drug-likeness (QED) is 0.660. The van der Waals surface area contributed by atoms with Crippen molar-refractivity contribution in [3.8, 4) is 0 Å². The lowest BCUT2D eigenvalue weighted by Crippen LogP contribution is -2.26. The Hall–Kier alpha value is -2.25. The Kier molecular flexibility index (Phi) is 4.92. The molecule has 126 valence electrons. The molecule has 0 unspecified atom stereocenters. The highest BCUT2D eigenvalue weighted by Crippen LogP contribution is 2.24. The fraction of sp³-hybridized carbons (Fsp3) is 0.312. The normalized spacial score (nSPS) is 17.8. The summed E-state index contributed by atoms with van der Waals surface area (Å²) in [5.74, 6) is 0.298. The standard InChI is InChI=1S/C16H16ClFN4O2/c17-14-2-1-3-15(18)13(14)10-21-7-6-11(9-21)20-16-5-4-12(8-19-16)22(23)24/h1-5,8,11H,6-7,9-10H2,(H,19,20)/t11-/m0/s1. The first kappa shape index (κ1) is 16.6. The third-order valence-electron chi connectivity index (χ3n) is 4.03. The summed E-state index contributed by atoms with van der Waals surface area (Å²) in [6.07, 6.45) is 2.11. The molecule has 24 heavy (non-hydrogen) atoms. The number of anilines is 1. The van der Waals surface area contributed by atoms with Crippen molar-refractivity contribution in [2.75, 3.05) is 18.4 Å². The average Bonchev–Trinajstić information content (AvgIpc) is 2.99. The van der Waals surface area contributed by atoms with Crippen LogP contribution in [-0.2, 0) is 6.54 Å². The smallest absolute Gasteiger partial charge is 0.287 e. The van der Waals surface area contributed by atoms with Crippen molar-refractivity contribution in [2.24, 2.45) is 0 Å². The fourth-order valence-electron chi connectivity index (χ4n) is 2.79. The molecule has 2 aromatic rings. The molecule has 1 saturated heterocycles. The molecular weight excluding hydrogens is 335 g/mol. The first-order valence-corrected chi connectivity index (χ1v) is 7.93. The van der Waals surface area contributed by atoms with Gasteiger partial charge in [0, 0.05) is 42.3 Å². The number of benzene rings is 1. The van der Waals surface area contributed by atoms with E-state index in [1.54, 1.807) is 18.2 Å². The Morgan fingerprint density at radius 1 is 1.42 bits per heavy atom. The number of nitrogens with one attached hydrogen (secondary N) is 1. The molecule has 6 nitrogen and oxygen atoms in total. The van der Waals surface area contributed by atoms with Gasteiger partial charge in [-0.05, 0) is 24.6 Å². The van der Waals surface area contributed by atoms with Gasteiger partial charge in [0.15, 0.2) is 0 Å². The van der Waals surface area contributed by atoms with E-state index in [0.29, 0.717) is 22.9 Å². The molecule has 0 saturated carbocycles. The van der Waals surface area contributed by atoms with E-state index in [1.165, 1.54) is 18.3 Å². The second-order valence-electron chi connectivity index (χ2n) is 5.72. The van der Waals surface area contributed by atoms with Crippen LogP contribution in [0.1, 0.15) is 12.0 Å². The van der Waals surface area contributed by atoms with Crippen LogP contribution in [0.4, 0.5) is 15.9 Å². The van der Waals surface area contributed by atoms with Gasteiger partial charge >= 0.3 is 0 Å². The number of aromatic nitrogens is 1. The Balaban J connectivity index is 1.58. The molecule has 0 bridgehead atoms. The summed E-state index contributed by atoms with van der Waals surface area (Å²) in [5.41, 5.74) is 0.469. The van der Waals surface area contributed by atoms with Gasteiger partial charge in [-0.3, -0.25) is 15.0 Å². The number of halogens is 2. The molecule has 1 fully saturated rings. The second-order valence-corrected chi connectivity index (χ2v) is 6.13. The Morgan fingerprint density at radius 2 is 2.25 bits per heavy atom. The highest BCUT2D eigenvalue weighted by Gasteiger charge is 2.24. The van der Waals surface area contributed by atoms with Gasteiger partial charge in [-0.15, -0.1) is 0 Å². The molecule has 0 radical (unpaired) electrons. The number of nitro groups is 1. The Bertz CT molecular complexity index is 721. The van der Waals surface area contributed by atoms with Gasteiger partial charge in [0.25, 0.3) is 5.69 Å². The molecule has 1 aliphatic heterocycles. The van der Waals surface area contributed by atoms with Crippen molar-refractivity contribution in [3.63, 3.8) is 0 Å². The number of nitrogens with zero attached hydrogens (tertiary/aromatic N) is 3. The monoisotopic (exact) mass is 350 g/mol. The maximum absolute atomic E-state index is 13.9. The zero-order valence-corrected chi connectivity index (χ0v) is 13.5. The van der Waals surface area contributed by atoms with Gasteiger partial charge in [-0.1, -0.05) is 17.7 Å². The van der Waals surface area contributed by atoms with Gasteiger partial charge in [-0.2, -0.15) is 0 Å². The van der Waals surface area contributed by atoms with Crippen molar-refractivity contribution in [3.05, 3.63) is 63.0 Å². The van der Waals surface area contributed by atoms with E-state index < -0.39 is 4.92 Å². The van der Waals surface area contributed by atoms with E-state index in [4.69, 9.17) is 11.6 Å². The van der Waals surface area contributed by atoms with Crippen LogP contribution in [0.2, 0.25) is 5.02 Å². The van der Waals surface area contributed by atoms with Crippen LogP contribution in [0.5, 0.6) is 0 Å². The molecule has 2 heterocycles. The molecule has 0 aliphatic carbocycles. The summed E-state index contributed by atoms with van der Waals surface area (Å²) < 4.78 is 13.9. The molecule has 8 heteroatoms. The highest BCUT2D eigenvalue weighted by molar-refractivity contribution is 6.31. The maximum Gasteiger partial charge on any atom is 0.287 e. The van der Waals surface area contributed by atoms with Crippen LogP contribution in [0.3, 0.4) is 0 Å². The minimum atomic E-state index is -0.480. The first-order chi connectivity index (χ1) is 11.5. The van der Waals surface area contributed by atoms with Crippen molar-refractivity contribution in [1.82, 2.24) is 9.88 Å². The van der Waals surface area contributed by atoms with Gasteiger partial charge in [0.2, 0.25) is 0 Å². The molecule has 1 aromatic heterocycles. The minimum Gasteiger partial charge on any atom is -0.366 e. The molecular formula is C16H16ClFN4O2. The van der Waals surface area contributed by atoms with E-state index in [-0.39, 0.29) is 17.5 Å². The van der Waals surface area contributed by atoms with Crippen molar-refractivity contribution in [1.29, 1.82) is 0 Å². The molecule has 3 rings (SSSR count). The Labute approximate surface area is 143 Å². The lowest BCUT2D eigenvalue weighted by atomic mass is 10.2. The number of pyridine rings is 1. The van der Waals surface area contributed by atoms with E-state index in [9.17, 15) is 14.5 Å². The minimum absolute atomic E-state index is 0.0391. The van der Waals surface area contributed by atoms with Gasteiger partial charge in [0.1, 0.15) is 17.8 Å². The van der Waals surface area contributed by atoms with Crippen LogP contribution >= 0.6 is 11.6 Å². The van der Waals surface area contributed by atoms with E-state index in [2.05, 4.69) is 15.2 Å². The number of hydrogen-bond donors (Lipinski definition) is 1. The summed E-state index contributed by atoms with van der Waals surface area (Å²) in [6, 6.07) is 7.86. The lowest BCUT2D eigenvalue weighted by Gasteiger charge is -2.18. The summed E-state index contributed by atoms with van der Waals surface area (Å²) in [5, 5.41) is 14.3. The van der Waals surface area contributed by atoms with Crippen LogP contribution in [0.15, 0.2) is 36.5 Å². The molecule has 1 aromatic carbocycles. The third-order valence-corrected chi connectivity index (χ3v) is 4.38. The molecule has 0 spiro atoms. The van der Waals surface area contributed by atoms with Crippen molar-refractivity contribution in [2.45, 2.75) is 19.0 Å². The second kappa shape index (κ2) is 7.11. The van der Waals surface area contributed by atoms with Crippen LogP contribution in [-0.4, -0.2) is 33.9 Å². The van der Waals surface area contributed by atoms with Gasteiger partial charge in [-0.25, -0.2) is 9.37 Å². The van der Waals surface area contributed by atoms with Crippen molar-refractivity contribution >= 4 is 23.1 Å². The lowest BCUT2D eigenvalue weighted by molar-refractivity contribution is -0.385. The SMILES string of the molecule is O=[N+]([O-])c1ccc(N[C@H]2CCN(Cc3c(F)cccc3Cl)C2)nc1. The van der Waals surface area contributed by atoms with Gasteiger partial charge in [0.05, 0.1) is 4.92 Å². The summed E-state index contributed by atoms with van der Waals surface area (Å²) in [4.78, 5) is 16.3. The van der Waals surface area contributed by atoms with E-state index in [1.807, 2.05) is 0 Å². The Morgan fingerprint density at radius 3 is 2.92 bits per heavy atom. The number of hydrogen-bond acceptors (Lipinski definition) is 5. The summed E-state index contributed by atoms with van der Waals surface area (Å²) in [7, 11) is 0. The zero-order valence-electron chi connectivity index (χ0n) is 12.8. The first-order valence-electron chi connectivity index (χ1n) is 7.55. The zero-order chi connectivity index (χ0) is 17.1. The molecule has 1 N–H and O–H groups in total. The summed E-state index contributed by atoms with van der Waals surface area (Å²) >= 11 is 6.07. The topological polar surface area (TPSA) is 71.3 Å². The largest absolute Gasteiger partial charge is 0.366 e. The highest BCUT2D eigenvalue weighted by atomic mass is 35.5. The predicted octanol–water partition coefficient (Wildman–Crippen LogP) is 3.47. The van der Waals surface area contributed by atoms with Crippen molar-refractivity contribution < 1.29 is 9.31 Å². The van der Waals surface area contributed by atoms with E-state index >= 15 is 0 Å². The predicted molar refractivity (Wildman–Crippen MR) is 89.6 cm³/mol. The van der Waals surface area contributed by atoms with Gasteiger partial charge < -0.3 is 5.32 Å². The van der Waals surface area contributed by atoms with E-state index in [0.717, 1.165) is 19.5 Å². The maximum atomic E-state index is 13.9. The molecule has 0 amide bonds. The fourth-order valence-corrected chi connectivity index (χ4v) is 3.01. The number of likely N-dealkylation sites (tertiary alicyclic amines) is 1. The van der Waals surface area contributed by atoms with Crippen LogP contribution < -0.4 is 5.32 Å². The molecule has 1 atom stereocenters. The van der Waals surface area contributed by atoms with Crippen LogP contribution in [0, 0.1) is 15.9 Å². The number of rotatable bonds is 5. The van der Waals surface area contributed by atoms with Crippen LogP contribution in [0.25, 0.3) is 0 Å².